The molecule has 1 heteroatoms. The number of rotatable bonds is 6. The summed E-state index contributed by atoms with van der Waals surface area (Å²) in [6.45, 7) is 17.4. The van der Waals surface area contributed by atoms with Crippen LogP contribution < -0.4 is 0 Å². The van der Waals surface area contributed by atoms with Gasteiger partial charge in [0.1, 0.15) is 0 Å². The zero-order chi connectivity index (χ0) is 20.5. The van der Waals surface area contributed by atoms with Gasteiger partial charge in [0.25, 0.3) is 0 Å². The lowest BCUT2D eigenvalue weighted by atomic mass is 9.69. The predicted octanol–water partition coefficient (Wildman–Crippen LogP) is 7.83. The Hall–Kier alpha value is -2.41. The van der Waals surface area contributed by atoms with Crippen molar-refractivity contribution in [2.45, 2.75) is 59.8 Å². The summed E-state index contributed by atoms with van der Waals surface area (Å²) in [7, 11) is 0. The van der Waals surface area contributed by atoms with E-state index in [0.717, 1.165) is 18.4 Å². The van der Waals surface area contributed by atoms with Gasteiger partial charge in [-0.15, -0.1) is 0 Å². The van der Waals surface area contributed by atoms with Crippen molar-refractivity contribution in [3.8, 4) is 0 Å². The van der Waals surface area contributed by atoms with E-state index in [1.165, 1.54) is 33.0 Å². The van der Waals surface area contributed by atoms with Crippen molar-refractivity contribution >= 4 is 21.7 Å². The molecule has 1 atom stereocenters. The Bertz CT molecular complexity index is 1050. The van der Waals surface area contributed by atoms with Crippen LogP contribution in [0.2, 0.25) is 0 Å². The highest BCUT2D eigenvalue weighted by molar-refractivity contribution is 6.07. The van der Waals surface area contributed by atoms with Crippen molar-refractivity contribution in [3.63, 3.8) is 0 Å². The van der Waals surface area contributed by atoms with Crippen LogP contribution in [0.15, 0.2) is 61.2 Å². The lowest BCUT2D eigenvalue weighted by molar-refractivity contribution is 0.290. The van der Waals surface area contributed by atoms with Gasteiger partial charge < -0.3 is 0 Å². The standard InChI is InChI=1S/C27H33N/c1-8-10-15-26(5,6)18-27(7,9-2)25-23-16-19(3)11-13-21(23)22-14-12-20(4)17-24(22)28-25/h8,10-17H,1,9,18H2,2-7H3/b15-10+. The Balaban J connectivity index is 2.30. The zero-order valence-corrected chi connectivity index (χ0v) is 18.3. The van der Waals surface area contributed by atoms with Crippen LogP contribution in [0, 0.1) is 19.3 Å². The van der Waals surface area contributed by atoms with Gasteiger partial charge in [-0.05, 0) is 55.2 Å². The van der Waals surface area contributed by atoms with Gasteiger partial charge in [0.2, 0.25) is 0 Å². The quantitative estimate of drug-likeness (QED) is 0.318. The number of nitrogens with zero attached hydrogens (tertiary/aromatic N) is 1. The number of fused-ring (bicyclic) bond motifs is 3. The van der Waals surface area contributed by atoms with Crippen LogP contribution in [0.4, 0.5) is 0 Å². The minimum Gasteiger partial charge on any atom is -0.252 e. The molecule has 28 heavy (non-hydrogen) atoms. The number of aryl methyl sites for hydroxylation is 2. The number of allylic oxidation sites excluding steroid dienone is 3. The molecule has 0 aliphatic rings. The fourth-order valence-electron chi connectivity index (χ4n) is 4.46. The summed E-state index contributed by atoms with van der Waals surface area (Å²) in [5.41, 5.74) is 4.92. The molecule has 0 fully saturated rings. The Kier molecular flexibility index (Phi) is 5.48. The lowest BCUT2D eigenvalue weighted by Gasteiger charge is -2.36. The minimum absolute atomic E-state index is 0.0149. The summed E-state index contributed by atoms with van der Waals surface area (Å²) < 4.78 is 0. The number of hydrogen-bond donors (Lipinski definition) is 0. The summed E-state index contributed by atoms with van der Waals surface area (Å²) in [6, 6.07) is 13.4. The van der Waals surface area contributed by atoms with E-state index in [-0.39, 0.29) is 10.8 Å². The molecule has 0 aliphatic heterocycles. The Morgan fingerprint density at radius 2 is 1.57 bits per heavy atom. The first-order chi connectivity index (χ1) is 13.2. The van der Waals surface area contributed by atoms with Crippen molar-refractivity contribution in [3.05, 3.63) is 78.0 Å². The Morgan fingerprint density at radius 3 is 2.21 bits per heavy atom. The summed E-state index contributed by atoms with van der Waals surface area (Å²) in [4.78, 5) is 5.27. The van der Waals surface area contributed by atoms with Crippen LogP contribution >= 0.6 is 0 Å². The van der Waals surface area contributed by atoms with Gasteiger partial charge in [-0.25, -0.2) is 0 Å². The van der Waals surface area contributed by atoms with Crippen LogP contribution in [0.5, 0.6) is 0 Å². The Morgan fingerprint density at radius 1 is 0.929 bits per heavy atom. The number of aromatic nitrogens is 1. The monoisotopic (exact) mass is 371 g/mol. The molecule has 0 amide bonds. The van der Waals surface area contributed by atoms with Crippen molar-refractivity contribution in [1.29, 1.82) is 0 Å². The molecule has 0 spiro atoms. The van der Waals surface area contributed by atoms with Gasteiger partial charge in [-0.2, -0.15) is 0 Å². The first kappa shape index (κ1) is 20.3. The second-order valence-corrected chi connectivity index (χ2v) is 9.20. The molecule has 1 unspecified atom stereocenters. The molecular formula is C27H33N. The van der Waals surface area contributed by atoms with E-state index in [9.17, 15) is 0 Å². The highest BCUT2D eigenvalue weighted by atomic mass is 14.7. The maximum Gasteiger partial charge on any atom is 0.0714 e. The fourth-order valence-corrected chi connectivity index (χ4v) is 4.46. The number of pyridine rings is 1. The van der Waals surface area contributed by atoms with E-state index in [2.05, 4.69) is 96.7 Å². The maximum absolute atomic E-state index is 5.27. The third kappa shape index (κ3) is 3.90. The molecule has 0 bridgehead atoms. The maximum atomic E-state index is 5.27. The molecule has 1 heterocycles. The van der Waals surface area contributed by atoms with Crippen LogP contribution in [0.25, 0.3) is 21.7 Å². The van der Waals surface area contributed by atoms with Crippen molar-refractivity contribution in [2.75, 3.05) is 0 Å². The van der Waals surface area contributed by atoms with Crippen molar-refractivity contribution in [1.82, 2.24) is 4.98 Å². The van der Waals surface area contributed by atoms with Crippen LogP contribution in [-0.2, 0) is 5.41 Å². The van der Waals surface area contributed by atoms with E-state index in [4.69, 9.17) is 4.98 Å². The molecule has 0 saturated heterocycles. The zero-order valence-electron chi connectivity index (χ0n) is 18.3. The summed E-state index contributed by atoms with van der Waals surface area (Å²) in [5.74, 6) is 0. The smallest absolute Gasteiger partial charge is 0.0714 e. The lowest BCUT2D eigenvalue weighted by Crippen LogP contribution is -2.29. The summed E-state index contributed by atoms with van der Waals surface area (Å²) in [5, 5.41) is 3.85. The molecule has 1 nitrogen and oxygen atoms in total. The molecule has 0 aliphatic carbocycles. The van der Waals surface area contributed by atoms with E-state index in [0.29, 0.717) is 0 Å². The van der Waals surface area contributed by atoms with Gasteiger partial charge in [0, 0.05) is 16.2 Å². The van der Waals surface area contributed by atoms with Crippen LogP contribution in [0.3, 0.4) is 0 Å². The van der Waals surface area contributed by atoms with Gasteiger partial charge in [0.05, 0.1) is 11.2 Å². The second-order valence-electron chi connectivity index (χ2n) is 9.20. The Labute approximate surface area is 170 Å². The van der Waals surface area contributed by atoms with Gasteiger partial charge in [-0.1, -0.05) is 82.3 Å². The van der Waals surface area contributed by atoms with E-state index >= 15 is 0 Å². The first-order valence-corrected chi connectivity index (χ1v) is 10.3. The predicted molar refractivity (Wildman–Crippen MR) is 124 cm³/mol. The molecule has 2 aromatic carbocycles. The van der Waals surface area contributed by atoms with Gasteiger partial charge in [0.15, 0.2) is 0 Å². The molecule has 146 valence electrons. The SMILES string of the molecule is C=C/C=C/C(C)(C)CC(C)(CC)c1nc2cc(C)ccc2c2ccc(C)cc12. The highest BCUT2D eigenvalue weighted by Crippen LogP contribution is 2.43. The minimum atomic E-state index is -0.0149. The van der Waals surface area contributed by atoms with Gasteiger partial charge >= 0.3 is 0 Å². The number of benzene rings is 2. The summed E-state index contributed by atoms with van der Waals surface area (Å²) >= 11 is 0. The van der Waals surface area contributed by atoms with Crippen molar-refractivity contribution in [2.24, 2.45) is 5.41 Å². The normalized spacial score (nSPS) is 14.6. The fraction of sp³-hybridized carbons (Fsp3) is 0.370. The molecule has 3 aromatic rings. The van der Waals surface area contributed by atoms with E-state index in [1.54, 1.807) is 0 Å². The average molecular weight is 372 g/mol. The van der Waals surface area contributed by atoms with Crippen LogP contribution in [-0.4, -0.2) is 4.98 Å². The molecule has 0 radical (unpaired) electrons. The molecule has 3 rings (SSSR count). The van der Waals surface area contributed by atoms with E-state index in [1.807, 2.05) is 6.08 Å². The third-order valence-corrected chi connectivity index (χ3v) is 5.99. The van der Waals surface area contributed by atoms with Gasteiger partial charge in [-0.3, -0.25) is 4.98 Å². The molecular weight excluding hydrogens is 338 g/mol. The van der Waals surface area contributed by atoms with Crippen LogP contribution in [0.1, 0.15) is 57.4 Å². The first-order valence-electron chi connectivity index (χ1n) is 10.3. The van der Waals surface area contributed by atoms with E-state index < -0.39 is 0 Å². The largest absolute Gasteiger partial charge is 0.252 e. The second kappa shape index (κ2) is 7.54. The summed E-state index contributed by atoms with van der Waals surface area (Å²) in [6.07, 6.45) is 8.28. The molecule has 0 saturated carbocycles. The topological polar surface area (TPSA) is 12.9 Å². The third-order valence-electron chi connectivity index (χ3n) is 5.99. The van der Waals surface area contributed by atoms with Crippen molar-refractivity contribution < 1.29 is 0 Å². The highest BCUT2D eigenvalue weighted by Gasteiger charge is 2.34. The average Bonchev–Trinajstić information content (AvgIpc) is 2.65. The molecule has 0 N–H and O–H groups in total. The number of hydrogen-bond acceptors (Lipinski definition) is 1. The molecule has 1 aromatic heterocycles.